The zero-order valence-corrected chi connectivity index (χ0v) is 25.9. The number of carbonyl (C=O) groups excluding carboxylic acids is 2. The Morgan fingerprint density at radius 2 is 1.64 bits per heavy atom. The maximum atomic E-state index is 14.2. The van der Waals surface area contributed by atoms with Crippen LogP contribution in [-0.2, 0) is 19.6 Å². The largest absolute Gasteiger partial charge is 0.444 e. The van der Waals surface area contributed by atoms with Gasteiger partial charge in [-0.05, 0) is 94.6 Å². The number of carbonyl (C=O) groups is 2. The molecule has 44 heavy (non-hydrogen) atoms. The molecule has 0 aliphatic heterocycles. The van der Waals surface area contributed by atoms with Crippen LogP contribution < -0.4 is 10.6 Å². The third-order valence-electron chi connectivity index (χ3n) is 6.61. The first-order valence-electron chi connectivity index (χ1n) is 13.6. The average molecular weight is 629 g/mol. The fourth-order valence-electron chi connectivity index (χ4n) is 4.68. The number of fused-ring (bicyclic) bond motifs is 1. The van der Waals surface area contributed by atoms with Crippen LogP contribution >= 0.6 is 0 Å². The van der Waals surface area contributed by atoms with Crippen molar-refractivity contribution in [2.24, 2.45) is 0 Å². The van der Waals surface area contributed by atoms with Crippen LogP contribution in [0.2, 0.25) is 0 Å². The number of rotatable bonds is 8. The highest BCUT2D eigenvalue weighted by Gasteiger charge is 2.36. The number of amides is 2. The van der Waals surface area contributed by atoms with Gasteiger partial charge in [-0.2, -0.15) is 0 Å². The predicted molar refractivity (Wildman–Crippen MR) is 162 cm³/mol. The number of aliphatic hydroxyl groups is 1. The van der Waals surface area contributed by atoms with Gasteiger partial charge in [-0.15, -0.1) is 0 Å². The van der Waals surface area contributed by atoms with E-state index in [4.69, 9.17) is 4.74 Å². The van der Waals surface area contributed by atoms with Crippen LogP contribution in [0.4, 0.5) is 19.3 Å². The van der Waals surface area contributed by atoms with E-state index in [-0.39, 0.29) is 15.9 Å². The van der Waals surface area contributed by atoms with Crippen molar-refractivity contribution in [2.75, 3.05) is 5.32 Å². The Hall–Kier alpha value is -4.36. The summed E-state index contributed by atoms with van der Waals surface area (Å²) in [4.78, 5) is 29.5. The van der Waals surface area contributed by atoms with Gasteiger partial charge in [0.25, 0.3) is 16.4 Å². The lowest BCUT2D eigenvalue weighted by atomic mass is 9.97. The highest BCUT2D eigenvalue weighted by atomic mass is 32.2. The Bertz CT molecular complexity index is 1810. The molecule has 0 aliphatic carbocycles. The van der Waals surface area contributed by atoms with Gasteiger partial charge >= 0.3 is 6.09 Å². The van der Waals surface area contributed by atoms with E-state index in [2.05, 4.69) is 15.6 Å². The molecule has 0 spiro atoms. The maximum absolute atomic E-state index is 14.2. The molecule has 13 heteroatoms. The second-order valence-corrected chi connectivity index (χ2v) is 13.6. The van der Waals surface area contributed by atoms with Gasteiger partial charge in [0.05, 0.1) is 10.5 Å². The minimum Gasteiger partial charge on any atom is -0.444 e. The number of alkyl halides is 2. The van der Waals surface area contributed by atoms with Gasteiger partial charge in [-0.1, -0.05) is 24.3 Å². The Morgan fingerprint density at radius 1 is 0.977 bits per heavy atom. The molecule has 0 bridgehead atoms. The SMILES string of the molecule is Cc1cc(NC(=O)[C@H](NC(=O)OC(C)(C)C)C(C)(C)O)ccc1-c1ccnc2c1cc(C(F)F)n2S(=O)(=O)c1ccccc1. The van der Waals surface area contributed by atoms with Gasteiger partial charge in [0.1, 0.15) is 17.3 Å². The fourth-order valence-corrected chi connectivity index (χ4v) is 6.17. The van der Waals surface area contributed by atoms with E-state index in [0.717, 1.165) is 6.07 Å². The molecule has 0 saturated carbocycles. The number of halogens is 2. The molecule has 0 radical (unpaired) electrons. The lowest BCUT2D eigenvalue weighted by Crippen LogP contribution is -2.56. The number of hydrogen-bond donors (Lipinski definition) is 3. The normalized spacial score (nSPS) is 13.1. The molecule has 234 valence electrons. The molecular weight excluding hydrogens is 594 g/mol. The third-order valence-corrected chi connectivity index (χ3v) is 8.34. The van der Waals surface area contributed by atoms with Gasteiger partial charge in [0, 0.05) is 17.3 Å². The van der Waals surface area contributed by atoms with Gasteiger partial charge in [-0.3, -0.25) is 4.79 Å². The molecule has 0 aliphatic rings. The second kappa shape index (κ2) is 12.0. The summed E-state index contributed by atoms with van der Waals surface area (Å²) in [5.74, 6) is -0.702. The van der Waals surface area contributed by atoms with Crippen LogP contribution in [0, 0.1) is 6.92 Å². The van der Waals surface area contributed by atoms with Crippen molar-refractivity contribution < 1.29 is 36.6 Å². The van der Waals surface area contributed by atoms with Gasteiger partial charge in [-0.25, -0.2) is 30.9 Å². The average Bonchev–Trinajstić information content (AvgIpc) is 3.32. The number of ether oxygens (including phenoxy) is 1. The van der Waals surface area contributed by atoms with Crippen LogP contribution in [0.25, 0.3) is 22.2 Å². The van der Waals surface area contributed by atoms with E-state index < -0.39 is 51.4 Å². The molecule has 2 aromatic carbocycles. The first kappa shape index (κ1) is 32.6. The summed E-state index contributed by atoms with van der Waals surface area (Å²) in [6.45, 7) is 9.47. The Balaban J connectivity index is 1.70. The first-order chi connectivity index (χ1) is 20.4. The monoisotopic (exact) mass is 628 g/mol. The molecule has 10 nitrogen and oxygen atoms in total. The Labute approximate surface area is 254 Å². The van der Waals surface area contributed by atoms with Gasteiger partial charge in [0.15, 0.2) is 5.65 Å². The fraction of sp³-hybridized carbons (Fsp3) is 0.323. The molecule has 2 amide bonds. The van der Waals surface area contributed by atoms with Crippen LogP contribution in [0.3, 0.4) is 0 Å². The minimum absolute atomic E-state index is 0.153. The van der Waals surface area contributed by atoms with E-state index in [9.17, 15) is 31.9 Å². The van der Waals surface area contributed by atoms with E-state index in [1.165, 1.54) is 44.3 Å². The van der Waals surface area contributed by atoms with Gasteiger partial charge in [0.2, 0.25) is 5.91 Å². The Morgan fingerprint density at radius 3 is 2.20 bits per heavy atom. The van der Waals surface area contributed by atoms with Crippen LogP contribution in [-0.4, -0.2) is 51.7 Å². The van der Waals surface area contributed by atoms with Crippen molar-refractivity contribution in [3.05, 3.63) is 78.1 Å². The number of aromatic nitrogens is 2. The van der Waals surface area contributed by atoms with Crippen molar-refractivity contribution in [2.45, 2.75) is 70.1 Å². The molecule has 0 fully saturated rings. The molecule has 0 unspecified atom stereocenters. The number of nitrogens with zero attached hydrogens (tertiary/aromatic N) is 2. The third kappa shape index (κ3) is 6.89. The second-order valence-electron chi connectivity index (χ2n) is 11.8. The topological polar surface area (TPSA) is 140 Å². The number of hydrogen-bond acceptors (Lipinski definition) is 7. The van der Waals surface area contributed by atoms with Gasteiger partial charge < -0.3 is 20.5 Å². The number of benzene rings is 2. The maximum Gasteiger partial charge on any atom is 0.408 e. The number of alkyl carbamates (subject to hydrolysis) is 1. The van der Waals surface area contributed by atoms with Crippen molar-refractivity contribution in [3.8, 4) is 11.1 Å². The first-order valence-corrected chi connectivity index (χ1v) is 15.1. The summed E-state index contributed by atoms with van der Waals surface area (Å²) in [6.07, 6.45) is -2.64. The van der Waals surface area contributed by atoms with Crippen LogP contribution in [0.15, 0.2) is 71.8 Å². The molecule has 1 atom stereocenters. The lowest BCUT2D eigenvalue weighted by molar-refractivity contribution is -0.123. The molecule has 2 aromatic heterocycles. The summed E-state index contributed by atoms with van der Waals surface area (Å²) >= 11 is 0. The molecule has 0 saturated heterocycles. The van der Waals surface area contributed by atoms with E-state index in [1.807, 2.05) is 0 Å². The minimum atomic E-state index is -4.40. The molecule has 2 heterocycles. The van der Waals surface area contributed by atoms with Crippen molar-refractivity contribution in [1.29, 1.82) is 0 Å². The molecular formula is C31H34F2N4O6S. The summed E-state index contributed by atoms with van der Waals surface area (Å²) < 4.78 is 61.1. The zero-order valence-electron chi connectivity index (χ0n) is 25.1. The van der Waals surface area contributed by atoms with Crippen LogP contribution in [0.1, 0.15) is 52.3 Å². The summed E-state index contributed by atoms with van der Waals surface area (Å²) in [5.41, 5.74) is -1.36. The summed E-state index contributed by atoms with van der Waals surface area (Å²) in [6, 6.07) is 13.4. The van der Waals surface area contributed by atoms with Crippen molar-refractivity contribution >= 4 is 38.7 Å². The highest BCUT2D eigenvalue weighted by molar-refractivity contribution is 7.90. The Kier molecular flexibility index (Phi) is 8.85. The number of aryl methyl sites for hydroxylation is 1. The zero-order chi connectivity index (χ0) is 32.6. The molecule has 4 rings (SSSR count). The quantitative estimate of drug-likeness (QED) is 0.224. The predicted octanol–water partition coefficient (Wildman–Crippen LogP) is 5.79. The number of pyridine rings is 1. The number of anilines is 1. The van der Waals surface area contributed by atoms with E-state index in [0.29, 0.717) is 26.4 Å². The van der Waals surface area contributed by atoms with E-state index >= 15 is 0 Å². The molecule has 3 N–H and O–H groups in total. The highest BCUT2D eigenvalue weighted by Crippen LogP contribution is 2.37. The van der Waals surface area contributed by atoms with E-state index in [1.54, 1.807) is 58.0 Å². The molecule has 4 aromatic rings. The van der Waals surface area contributed by atoms with Crippen molar-refractivity contribution in [1.82, 2.24) is 14.3 Å². The smallest absolute Gasteiger partial charge is 0.408 e. The van der Waals surface area contributed by atoms with Crippen LogP contribution in [0.5, 0.6) is 0 Å². The number of nitrogens with one attached hydrogen (secondary N) is 2. The summed E-state index contributed by atoms with van der Waals surface area (Å²) in [5, 5.41) is 15.9. The standard InChI is InChI=1S/C31H34F2N4O6S/c1-18-16-19(35-28(38)25(31(5,6)40)36-29(39)43-30(2,3)4)12-13-21(18)22-14-15-34-27-23(22)17-24(26(32)33)37(27)44(41,42)20-10-8-7-9-11-20/h7-17,25-26,40H,1-6H3,(H,35,38)(H,36,39)/t25-/m0/s1. The van der Waals surface area contributed by atoms with Crippen molar-refractivity contribution in [3.63, 3.8) is 0 Å². The lowest BCUT2D eigenvalue weighted by Gasteiger charge is -2.30. The summed E-state index contributed by atoms with van der Waals surface area (Å²) in [7, 11) is -4.40.